The Balaban J connectivity index is 1.53. The van der Waals surface area contributed by atoms with Crippen LogP contribution < -0.4 is 15.0 Å². The van der Waals surface area contributed by atoms with Gasteiger partial charge in [0.25, 0.3) is 5.56 Å². The number of aliphatic hydroxyl groups excluding tert-OH is 1. The zero-order valence-electron chi connectivity index (χ0n) is 13.7. The zero-order valence-corrected chi connectivity index (χ0v) is 13.7. The number of nitrogens with one attached hydrogen (secondary N) is 1. The Morgan fingerprint density at radius 2 is 2.08 bits per heavy atom. The molecule has 2 N–H and O–H groups in total. The molecule has 1 aromatic heterocycles. The Bertz CT molecular complexity index is 824. The Kier molecular flexibility index (Phi) is 3.82. The molecular weight excluding hydrogens is 310 g/mol. The number of aromatic nitrogens is 2. The number of ether oxygens (including phenoxy) is 2. The van der Waals surface area contributed by atoms with Crippen molar-refractivity contribution in [2.45, 2.75) is 33.0 Å². The van der Waals surface area contributed by atoms with Gasteiger partial charge in [-0.3, -0.25) is 19.5 Å². The lowest BCUT2D eigenvalue weighted by Crippen LogP contribution is -2.32. The highest BCUT2D eigenvalue weighted by molar-refractivity contribution is 5.48. The van der Waals surface area contributed by atoms with Gasteiger partial charge < -0.3 is 14.6 Å². The fourth-order valence-electron chi connectivity index (χ4n) is 3.42. The number of hydrogen-bond acceptors (Lipinski definition) is 5. The minimum atomic E-state index is -0.0423. The van der Waals surface area contributed by atoms with Crippen molar-refractivity contribution in [1.82, 2.24) is 14.7 Å². The van der Waals surface area contributed by atoms with Gasteiger partial charge in [0, 0.05) is 25.2 Å². The summed E-state index contributed by atoms with van der Waals surface area (Å²) in [5.41, 5.74) is 4.19. The number of H-pyrrole nitrogens is 1. The second kappa shape index (κ2) is 5.99. The molecule has 7 heteroatoms. The van der Waals surface area contributed by atoms with Crippen molar-refractivity contribution in [3.8, 4) is 11.5 Å². The minimum absolute atomic E-state index is 0.00189. The molecule has 0 spiro atoms. The van der Waals surface area contributed by atoms with E-state index in [1.807, 2.05) is 12.1 Å². The number of rotatable bonds is 4. The van der Waals surface area contributed by atoms with Crippen LogP contribution in [0.2, 0.25) is 0 Å². The number of aliphatic hydroxyl groups is 1. The summed E-state index contributed by atoms with van der Waals surface area (Å²) in [6.45, 7) is 4.97. The average Bonchev–Trinajstić information content (AvgIpc) is 3.13. The lowest BCUT2D eigenvalue weighted by Gasteiger charge is -2.26. The zero-order chi connectivity index (χ0) is 16.7. The standard InChI is InChI=1S/C17H21N3O4/c1-11-6-15-16(24-10-23-15)7-12(11)8-19-3-2-13-14(9-19)18-20(4-5-21)17(13)22/h6-7,18,21H,2-5,8-10H2,1H3. The molecule has 0 saturated carbocycles. The summed E-state index contributed by atoms with van der Waals surface area (Å²) in [5.74, 6) is 1.61. The number of fused-ring (bicyclic) bond motifs is 2. The monoisotopic (exact) mass is 331 g/mol. The summed E-state index contributed by atoms with van der Waals surface area (Å²) in [6.07, 6.45) is 0.729. The van der Waals surface area contributed by atoms with Crippen molar-refractivity contribution < 1.29 is 14.6 Å². The van der Waals surface area contributed by atoms with Gasteiger partial charge in [-0.05, 0) is 36.6 Å². The third kappa shape index (κ3) is 2.59. The topological polar surface area (TPSA) is 79.7 Å². The Hall–Kier alpha value is -2.25. The van der Waals surface area contributed by atoms with Gasteiger partial charge in [0.2, 0.25) is 6.79 Å². The molecule has 0 atom stereocenters. The molecule has 7 nitrogen and oxygen atoms in total. The van der Waals surface area contributed by atoms with Crippen LogP contribution in [0.1, 0.15) is 22.4 Å². The maximum atomic E-state index is 12.2. The largest absolute Gasteiger partial charge is 0.454 e. The lowest BCUT2D eigenvalue weighted by atomic mass is 10.0. The molecule has 4 rings (SSSR count). The van der Waals surface area contributed by atoms with Gasteiger partial charge >= 0.3 is 0 Å². The van der Waals surface area contributed by atoms with Crippen LogP contribution in [0.4, 0.5) is 0 Å². The summed E-state index contributed by atoms with van der Waals surface area (Å²) >= 11 is 0. The minimum Gasteiger partial charge on any atom is -0.454 e. The first-order valence-corrected chi connectivity index (χ1v) is 8.18. The smallest absolute Gasteiger partial charge is 0.270 e. The van der Waals surface area contributed by atoms with Gasteiger partial charge in [-0.15, -0.1) is 0 Å². The van der Waals surface area contributed by atoms with E-state index in [1.54, 1.807) is 0 Å². The third-order valence-electron chi connectivity index (χ3n) is 4.75. The summed E-state index contributed by atoms with van der Waals surface area (Å²) in [4.78, 5) is 14.5. The Morgan fingerprint density at radius 1 is 1.29 bits per heavy atom. The van der Waals surface area contributed by atoms with E-state index in [9.17, 15) is 4.79 Å². The number of hydrogen-bond donors (Lipinski definition) is 2. The molecule has 2 aliphatic rings. The highest BCUT2D eigenvalue weighted by Crippen LogP contribution is 2.35. The van der Waals surface area contributed by atoms with Crippen molar-refractivity contribution in [3.63, 3.8) is 0 Å². The molecule has 1 aromatic carbocycles. The summed E-state index contributed by atoms with van der Waals surface area (Å²) in [5, 5.41) is 12.2. The fourth-order valence-corrected chi connectivity index (χ4v) is 3.42. The van der Waals surface area contributed by atoms with Crippen LogP contribution in [0.5, 0.6) is 11.5 Å². The maximum Gasteiger partial charge on any atom is 0.270 e. The lowest BCUT2D eigenvalue weighted by molar-refractivity contribution is 0.174. The summed E-state index contributed by atoms with van der Waals surface area (Å²) in [7, 11) is 0. The van der Waals surface area contributed by atoms with E-state index < -0.39 is 0 Å². The molecule has 24 heavy (non-hydrogen) atoms. The van der Waals surface area contributed by atoms with Gasteiger partial charge in [0.1, 0.15) is 0 Å². The first kappa shape index (κ1) is 15.3. The quantitative estimate of drug-likeness (QED) is 0.865. The highest BCUT2D eigenvalue weighted by atomic mass is 16.7. The maximum absolute atomic E-state index is 12.2. The van der Waals surface area contributed by atoms with Gasteiger partial charge in [-0.2, -0.15) is 0 Å². The second-order valence-electron chi connectivity index (χ2n) is 6.34. The van der Waals surface area contributed by atoms with E-state index in [4.69, 9.17) is 14.6 Å². The Labute approximate surface area is 139 Å². The molecule has 2 aromatic rings. The number of aryl methyl sites for hydroxylation is 1. The van der Waals surface area contributed by atoms with Crippen LogP contribution in [-0.2, 0) is 26.1 Å². The van der Waals surface area contributed by atoms with Crippen molar-refractivity contribution in [1.29, 1.82) is 0 Å². The van der Waals surface area contributed by atoms with E-state index in [0.717, 1.165) is 42.3 Å². The van der Waals surface area contributed by atoms with Gasteiger partial charge in [0.05, 0.1) is 18.8 Å². The fraction of sp³-hybridized carbons (Fsp3) is 0.471. The van der Waals surface area contributed by atoms with E-state index in [1.165, 1.54) is 15.8 Å². The van der Waals surface area contributed by atoms with E-state index in [2.05, 4.69) is 16.9 Å². The van der Waals surface area contributed by atoms with Crippen LogP contribution in [0.25, 0.3) is 0 Å². The highest BCUT2D eigenvalue weighted by Gasteiger charge is 2.23. The molecule has 0 fully saturated rings. The van der Waals surface area contributed by atoms with E-state index in [0.29, 0.717) is 13.1 Å². The van der Waals surface area contributed by atoms with Crippen LogP contribution in [-0.4, -0.2) is 39.7 Å². The number of aromatic amines is 1. The van der Waals surface area contributed by atoms with Crippen molar-refractivity contribution >= 4 is 0 Å². The Morgan fingerprint density at radius 3 is 2.88 bits per heavy atom. The number of benzene rings is 1. The van der Waals surface area contributed by atoms with Gasteiger partial charge in [-0.1, -0.05) is 0 Å². The molecule has 3 heterocycles. The summed E-state index contributed by atoms with van der Waals surface area (Å²) in [6, 6.07) is 4.07. The molecule has 128 valence electrons. The van der Waals surface area contributed by atoms with Crippen molar-refractivity contribution in [2.24, 2.45) is 0 Å². The predicted molar refractivity (Wildman–Crippen MR) is 87.3 cm³/mol. The van der Waals surface area contributed by atoms with Gasteiger partial charge in [-0.25, -0.2) is 0 Å². The number of nitrogens with zero attached hydrogens (tertiary/aromatic N) is 2. The molecule has 0 unspecified atom stereocenters. The SMILES string of the molecule is Cc1cc2c(cc1CN1CCc3c([nH]n(CCO)c3=O)C1)OCO2. The van der Waals surface area contributed by atoms with Crippen LogP contribution in [0.3, 0.4) is 0 Å². The molecule has 0 amide bonds. The normalized spacial score (nSPS) is 16.4. The van der Waals surface area contributed by atoms with Crippen molar-refractivity contribution in [3.05, 3.63) is 44.9 Å². The second-order valence-corrected chi connectivity index (χ2v) is 6.34. The van der Waals surface area contributed by atoms with E-state index in [-0.39, 0.29) is 19.0 Å². The average molecular weight is 331 g/mol. The molecule has 0 aliphatic carbocycles. The van der Waals surface area contributed by atoms with Crippen LogP contribution in [0.15, 0.2) is 16.9 Å². The van der Waals surface area contributed by atoms with Crippen LogP contribution >= 0.6 is 0 Å². The van der Waals surface area contributed by atoms with Crippen LogP contribution in [0, 0.1) is 6.92 Å². The first-order valence-electron chi connectivity index (χ1n) is 8.18. The van der Waals surface area contributed by atoms with Crippen molar-refractivity contribution in [2.75, 3.05) is 19.9 Å². The summed E-state index contributed by atoms with van der Waals surface area (Å²) < 4.78 is 12.4. The molecule has 0 radical (unpaired) electrons. The third-order valence-corrected chi connectivity index (χ3v) is 4.75. The first-order chi connectivity index (χ1) is 11.7. The molecule has 0 saturated heterocycles. The van der Waals surface area contributed by atoms with Gasteiger partial charge in [0.15, 0.2) is 11.5 Å². The molecular formula is C17H21N3O4. The predicted octanol–water partition coefficient (Wildman–Crippen LogP) is 0.764. The molecule has 2 aliphatic heterocycles. The molecule has 0 bridgehead atoms. The van der Waals surface area contributed by atoms with E-state index >= 15 is 0 Å².